The largest absolute Gasteiger partial charge is 0.497 e. The minimum Gasteiger partial charge on any atom is -0.497 e. The van der Waals surface area contributed by atoms with E-state index in [1.54, 1.807) is 30.2 Å². The van der Waals surface area contributed by atoms with E-state index in [-0.39, 0.29) is 5.91 Å². The molecule has 0 saturated heterocycles. The number of thiazole rings is 1. The lowest BCUT2D eigenvalue weighted by Crippen LogP contribution is -2.33. The van der Waals surface area contributed by atoms with Crippen LogP contribution in [0, 0.1) is 13.8 Å². The van der Waals surface area contributed by atoms with Crippen LogP contribution >= 0.6 is 23.1 Å². The van der Waals surface area contributed by atoms with Crippen LogP contribution in [0.3, 0.4) is 0 Å². The first-order valence-corrected chi connectivity index (χ1v) is 12.3. The van der Waals surface area contributed by atoms with Gasteiger partial charge in [-0.25, -0.2) is 4.98 Å². The number of carbonyl (C=O) groups excluding carboxylic acids is 1. The first kappa shape index (κ1) is 23.6. The molecular formula is C24H31N3O2S2. The second-order valence-corrected chi connectivity index (χ2v) is 10.00. The lowest BCUT2D eigenvalue weighted by Gasteiger charge is -2.21. The third-order valence-corrected chi connectivity index (χ3v) is 7.32. The predicted molar refractivity (Wildman–Crippen MR) is 133 cm³/mol. The minimum absolute atomic E-state index is 0.133. The Hall–Kier alpha value is -2.09. The van der Waals surface area contributed by atoms with Gasteiger partial charge in [-0.15, -0.1) is 11.8 Å². The summed E-state index contributed by atoms with van der Waals surface area (Å²) in [4.78, 5) is 23.2. The molecule has 0 aliphatic carbocycles. The number of amides is 1. The fourth-order valence-corrected chi connectivity index (χ4v) is 5.29. The highest BCUT2D eigenvalue weighted by atomic mass is 32.2. The van der Waals surface area contributed by atoms with E-state index in [0.29, 0.717) is 13.0 Å². The van der Waals surface area contributed by atoms with Crippen LogP contribution in [0.2, 0.25) is 0 Å². The Morgan fingerprint density at radius 2 is 1.77 bits per heavy atom. The molecule has 0 N–H and O–H groups in total. The van der Waals surface area contributed by atoms with Gasteiger partial charge in [-0.2, -0.15) is 0 Å². The van der Waals surface area contributed by atoms with Crippen LogP contribution in [0.25, 0.3) is 10.2 Å². The maximum atomic E-state index is 13.2. The van der Waals surface area contributed by atoms with E-state index in [1.165, 1.54) is 10.3 Å². The Morgan fingerprint density at radius 1 is 1.06 bits per heavy atom. The third-order valence-electron chi connectivity index (χ3n) is 5.09. The monoisotopic (exact) mass is 457 g/mol. The molecular weight excluding hydrogens is 426 g/mol. The number of ether oxygens (including phenoxy) is 1. The van der Waals surface area contributed by atoms with Crippen LogP contribution in [-0.2, 0) is 4.79 Å². The van der Waals surface area contributed by atoms with Gasteiger partial charge in [0, 0.05) is 23.6 Å². The number of aromatic nitrogens is 1. The SMILES string of the molecule is COc1ccc(SCCC(=O)N(CCCN(C)C)c2nc3c(C)ccc(C)c3s2)cc1. The summed E-state index contributed by atoms with van der Waals surface area (Å²) in [5.41, 5.74) is 3.37. The van der Waals surface area contributed by atoms with Crippen molar-refractivity contribution in [3.05, 3.63) is 47.5 Å². The zero-order valence-corrected chi connectivity index (χ0v) is 20.6. The number of anilines is 1. The molecule has 3 rings (SSSR count). The van der Waals surface area contributed by atoms with Gasteiger partial charge in [0.05, 0.1) is 17.3 Å². The number of hydrogen-bond acceptors (Lipinski definition) is 6. The summed E-state index contributed by atoms with van der Waals surface area (Å²) in [6.07, 6.45) is 1.39. The maximum Gasteiger partial charge on any atom is 0.229 e. The van der Waals surface area contributed by atoms with Gasteiger partial charge >= 0.3 is 0 Å². The van der Waals surface area contributed by atoms with E-state index in [9.17, 15) is 4.79 Å². The number of hydrogen-bond donors (Lipinski definition) is 0. The van der Waals surface area contributed by atoms with E-state index < -0.39 is 0 Å². The second-order valence-electron chi connectivity index (χ2n) is 7.85. The maximum absolute atomic E-state index is 13.2. The van der Waals surface area contributed by atoms with E-state index in [2.05, 4.69) is 45.0 Å². The van der Waals surface area contributed by atoms with Crippen molar-refractivity contribution in [3.8, 4) is 5.75 Å². The van der Waals surface area contributed by atoms with E-state index in [0.717, 1.165) is 45.6 Å². The number of aryl methyl sites for hydroxylation is 2. The highest BCUT2D eigenvalue weighted by molar-refractivity contribution is 7.99. The molecule has 0 spiro atoms. The zero-order valence-electron chi connectivity index (χ0n) is 19.0. The second kappa shape index (κ2) is 11.0. The summed E-state index contributed by atoms with van der Waals surface area (Å²) in [7, 11) is 5.78. The Balaban J connectivity index is 1.72. The van der Waals surface area contributed by atoms with E-state index in [1.807, 2.05) is 29.2 Å². The number of rotatable bonds is 10. The van der Waals surface area contributed by atoms with Gasteiger partial charge in [-0.3, -0.25) is 9.69 Å². The molecule has 0 atom stereocenters. The average molecular weight is 458 g/mol. The van der Waals surface area contributed by atoms with Crippen molar-refractivity contribution in [3.63, 3.8) is 0 Å². The van der Waals surface area contributed by atoms with Crippen molar-refractivity contribution >= 4 is 44.4 Å². The lowest BCUT2D eigenvalue weighted by molar-refractivity contribution is -0.118. The van der Waals surface area contributed by atoms with Crippen molar-refractivity contribution in [1.29, 1.82) is 0 Å². The highest BCUT2D eigenvalue weighted by Crippen LogP contribution is 2.33. The molecule has 0 aliphatic rings. The third kappa shape index (κ3) is 6.21. The van der Waals surface area contributed by atoms with Crippen molar-refractivity contribution in [2.75, 3.05) is 44.9 Å². The van der Waals surface area contributed by atoms with Crippen molar-refractivity contribution in [2.24, 2.45) is 0 Å². The first-order chi connectivity index (χ1) is 14.9. The van der Waals surface area contributed by atoms with Crippen LogP contribution in [0.1, 0.15) is 24.0 Å². The Morgan fingerprint density at radius 3 is 2.42 bits per heavy atom. The highest BCUT2D eigenvalue weighted by Gasteiger charge is 2.20. The van der Waals surface area contributed by atoms with Gasteiger partial charge < -0.3 is 9.64 Å². The van der Waals surface area contributed by atoms with E-state index >= 15 is 0 Å². The fraction of sp³-hybridized carbons (Fsp3) is 0.417. The number of carbonyl (C=O) groups is 1. The molecule has 0 fully saturated rings. The van der Waals surface area contributed by atoms with Gasteiger partial charge in [0.2, 0.25) is 5.91 Å². The molecule has 1 amide bonds. The summed E-state index contributed by atoms with van der Waals surface area (Å²) < 4.78 is 6.38. The van der Waals surface area contributed by atoms with Crippen LogP contribution in [0.5, 0.6) is 5.75 Å². The normalized spacial score (nSPS) is 11.3. The number of methoxy groups -OCH3 is 1. The van der Waals surface area contributed by atoms with Crippen LogP contribution in [0.15, 0.2) is 41.3 Å². The van der Waals surface area contributed by atoms with Crippen molar-refractivity contribution < 1.29 is 9.53 Å². The molecule has 7 heteroatoms. The molecule has 0 bridgehead atoms. The number of benzene rings is 2. The molecule has 5 nitrogen and oxygen atoms in total. The van der Waals surface area contributed by atoms with E-state index in [4.69, 9.17) is 9.72 Å². The predicted octanol–water partition coefficient (Wildman–Crippen LogP) is 5.39. The molecule has 0 saturated carbocycles. The minimum atomic E-state index is 0.133. The molecule has 1 aromatic heterocycles. The van der Waals surface area contributed by atoms with Gasteiger partial charge in [0.25, 0.3) is 0 Å². The lowest BCUT2D eigenvalue weighted by atomic mass is 10.1. The summed E-state index contributed by atoms with van der Waals surface area (Å²) in [5.74, 6) is 1.71. The van der Waals surface area contributed by atoms with Gasteiger partial charge in [0.1, 0.15) is 5.75 Å². The Kier molecular flexibility index (Phi) is 8.35. The molecule has 31 heavy (non-hydrogen) atoms. The summed E-state index contributed by atoms with van der Waals surface area (Å²) in [6, 6.07) is 12.2. The van der Waals surface area contributed by atoms with Gasteiger partial charge in [-0.05, 0) is 76.3 Å². The number of nitrogens with zero attached hydrogens (tertiary/aromatic N) is 3. The smallest absolute Gasteiger partial charge is 0.229 e. The molecule has 3 aromatic rings. The molecule has 0 aliphatic heterocycles. The zero-order chi connectivity index (χ0) is 22.4. The average Bonchev–Trinajstić information content (AvgIpc) is 3.20. The molecule has 1 heterocycles. The van der Waals surface area contributed by atoms with Crippen molar-refractivity contribution in [1.82, 2.24) is 9.88 Å². The molecule has 2 aromatic carbocycles. The standard InChI is InChI=1S/C24H31N3O2S2/c1-17-7-8-18(2)23-22(17)25-24(31-23)27(15-6-14-26(3)4)21(28)13-16-30-20-11-9-19(29-5)10-12-20/h7-12H,6,13-16H2,1-5H3. The molecule has 0 unspecified atom stereocenters. The summed E-state index contributed by atoms with van der Waals surface area (Å²) >= 11 is 3.32. The summed E-state index contributed by atoms with van der Waals surface area (Å²) in [6.45, 7) is 5.80. The van der Waals surface area contributed by atoms with Crippen LogP contribution in [0.4, 0.5) is 5.13 Å². The number of fused-ring (bicyclic) bond motifs is 1. The quantitative estimate of drug-likeness (QED) is 0.382. The first-order valence-electron chi connectivity index (χ1n) is 10.5. The summed E-state index contributed by atoms with van der Waals surface area (Å²) in [5, 5.41) is 0.811. The Labute approximate surface area is 193 Å². The molecule has 166 valence electrons. The fourth-order valence-electron chi connectivity index (χ4n) is 3.30. The Bertz CT molecular complexity index is 977. The van der Waals surface area contributed by atoms with Crippen LogP contribution < -0.4 is 9.64 Å². The molecule has 0 radical (unpaired) electrons. The van der Waals surface area contributed by atoms with Crippen molar-refractivity contribution in [2.45, 2.75) is 31.6 Å². The number of thioether (sulfide) groups is 1. The van der Waals surface area contributed by atoms with Crippen LogP contribution in [-0.4, -0.2) is 55.8 Å². The van der Waals surface area contributed by atoms with Gasteiger partial charge in [0.15, 0.2) is 5.13 Å². The topological polar surface area (TPSA) is 45.7 Å². The van der Waals surface area contributed by atoms with Gasteiger partial charge in [-0.1, -0.05) is 23.5 Å².